The van der Waals surface area contributed by atoms with E-state index < -0.39 is 0 Å². The molecular formula is C24H23BrN2O2. The number of halogens is 1. The molecular weight excluding hydrogens is 428 g/mol. The number of aromatic amines is 1. The van der Waals surface area contributed by atoms with Gasteiger partial charge in [0.05, 0.1) is 12.8 Å². The predicted molar refractivity (Wildman–Crippen MR) is 123 cm³/mol. The molecule has 0 aliphatic rings. The van der Waals surface area contributed by atoms with Crippen molar-refractivity contribution in [2.45, 2.75) is 25.7 Å². The fourth-order valence-corrected chi connectivity index (χ4v) is 3.98. The molecule has 0 spiro atoms. The van der Waals surface area contributed by atoms with E-state index in [-0.39, 0.29) is 17.0 Å². The van der Waals surface area contributed by atoms with E-state index in [4.69, 9.17) is 9.15 Å². The van der Waals surface area contributed by atoms with E-state index in [9.17, 15) is 0 Å². The highest BCUT2D eigenvalue weighted by molar-refractivity contribution is 8.93. The van der Waals surface area contributed by atoms with Gasteiger partial charge in [0.2, 0.25) is 0 Å². The molecule has 5 rings (SSSR count). The van der Waals surface area contributed by atoms with Crippen LogP contribution in [-0.2, 0) is 12.8 Å². The van der Waals surface area contributed by atoms with Crippen LogP contribution >= 0.6 is 17.0 Å². The number of hydrogen-bond donors (Lipinski definition) is 1. The fraction of sp³-hybridized carbons (Fsp3) is 0.208. The number of nitrogens with zero attached hydrogens (tertiary/aromatic N) is 1. The van der Waals surface area contributed by atoms with Crippen molar-refractivity contribution in [1.82, 2.24) is 9.97 Å². The Kier molecular flexibility index (Phi) is 5.58. The number of methoxy groups -OCH3 is 1. The summed E-state index contributed by atoms with van der Waals surface area (Å²) in [6.45, 7) is 0. The Bertz CT molecular complexity index is 1270. The highest BCUT2D eigenvalue weighted by Gasteiger charge is 2.11. The van der Waals surface area contributed by atoms with Gasteiger partial charge in [-0.1, -0.05) is 18.2 Å². The zero-order valence-electron chi connectivity index (χ0n) is 16.3. The first-order valence-corrected chi connectivity index (χ1v) is 9.72. The van der Waals surface area contributed by atoms with Crippen molar-refractivity contribution in [3.05, 3.63) is 72.2 Å². The molecule has 0 amide bonds. The molecule has 0 unspecified atom stereocenters. The Hall–Kier alpha value is -2.79. The summed E-state index contributed by atoms with van der Waals surface area (Å²) in [6.07, 6.45) is 8.13. The van der Waals surface area contributed by atoms with Gasteiger partial charge >= 0.3 is 0 Å². The number of benzene rings is 2. The molecule has 29 heavy (non-hydrogen) atoms. The average Bonchev–Trinajstić information content (AvgIpc) is 3.32. The van der Waals surface area contributed by atoms with E-state index >= 15 is 0 Å². The molecule has 4 nitrogen and oxygen atoms in total. The van der Waals surface area contributed by atoms with Crippen molar-refractivity contribution < 1.29 is 9.15 Å². The summed E-state index contributed by atoms with van der Waals surface area (Å²) >= 11 is 0. The quantitative estimate of drug-likeness (QED) is 0.296. The van der Waals surface area contributed by atoms with Crippen molar-refractivity contribution in [3.63, 3.8) is 0 Å². The molecule has 0 bridgehead atoms. The number of pyridine rings is 1. The van der Waals surface area contributed by atoms with Gasteiger partial charge in [0.1, 0.15) is 11.3 Å². The van der Waals surface area contributed by atoms with E-state index in [2.05, 4.69) is 34.4 Å². The maximum Gasteiger partial charge on any atom is 0.156 e. The minimum atomic E-state index is 0. The molecule has 0 aliphatic carbocycles. The zero-order chi connectivity index (χ0) is 18.9. The van der Waals surface area contributed by atoms with Crippen LogP contribution in [0.5, 0.6) is 5.75 Å². The number of aromatic nitrogens is 2. The van der Waals surface area contributed by atoms with Crippen LogP contribution < -0.4 is 4.74 Å². The molecule has 0 fully saturated rings. The topological polar surface area (TPSA) is 51.0 Å². The lowest BCUT2D eigenvalue weighted by atomic mass is 10.0. The zero-order valence-corrected chi connectivity index (χ0v) is 18.0. The van der Waals surface area contributed by atoms with Crippen LogP contribution in [0.3, 0.4) is 0 Å². The molecule has 148 valence electrons. The van der Waals surface area contributed by atoms with Crippen LogP contribution in [-0.4, -0.2) is 17.1 Å². The second kappa shape index (κ2) is 8.29. The Labute approximate surface area is 179 Å². The molecule has 2 aromatic carbocycles. The van der Waals surface area contributed by atoms with E-state index in [1.54, 1.807) is 7.11 Å². The number of unbranched alkanes of at least 4 members (excludes halogenated alkanes) is 1. The molecule has 0 atom stereocenters. The summed E-state index contributed by atoms with van der Waals surface area (Å²) in [4.78, 5) is 7.95. The fourth-order valence-electron chi connectivity index (χ4n) is 3.98. The number of para-hydroxylation sites is 1. The van der Waals surface area contributed by atoms with Gasteiger partial charge < -0.3 is 14.1 Å². The SMILES string of the molecule is Br.COc1ccc2[nH]cc(CCCCc3nccc4c3oc3ccccc34)c2c1. The molecule has 0 radical (unpaired) electrons. The van der Waals surface area contributed by atoms with Crippen LogP contribution in [0.15, 0.2) is 65.3 Å². The number of hydrogen-bond acceptors (Lipinski definition) is 3. The van der Waals surface area contributed by atoms with Crippen LogP contribution in [0.1, 0.15) is 24.1 Å². The Morgan fingerprint density at radius 3 is 2.72 bits per heavy atom. The number of H-pyrrole nitrogens is 1. The van der Waals surface area contributed by atoms with Gasteiger partial charge in [-0.25, -0.2) is 0 Å². The van der Waals surface area contributed by atoms with Crippen LogP contribution in [0, 0.1) is 0 Å². The van der Waals surface area contributed by atoms with Crippen LogP contribution in [0.2, 0.25) is 0 Å². The number of aryl methyl sites for hydroxylation is 2. The molecule has 0 saturated heterocycles. The maximum atomic E-state index is 6.09. The first-order chi connectivity index (χ1) is 13.8. The molecule has 3 heterocycles. The summed E-state index contributed by atoms with van der Waals surface area (Å²) < 4.78 is 11.5. The average molecular weight is 451 g/mol. The second-order valence-corrected chi connectivity index (χ2v) is 7.17. The third-order valence-electron chi connectivity index (χ3n) is 5.45. The van der Waals surface area contributed by atoms with E-state index in [0.29, 0.717) is 0 Å². The van der Waals surface area contributed by atoms with Crippen molar-refractivity contribution >= 4 is 49.8 Å². The Morgan fingerprint density at radius 2 is 1.83 bits per heavy atom. The third-order valence-corrected chi connectivity index (χ3v) is 5.45. The molecule has 5 aromatic rings. The largest absolute Gasteiger partial charge is 0.497 e. The second-order valence-electron chi connectivity index (χ2n) is 7.17. The third kappa shape index (κ3) is 3.62. The Morgan fingerprint density at radius 1 is 0.966 bits per heavy atom. The summed E-state index contributed by atoms with van der Waals surface area (Å²) in [7, 11) is 1.71. The Balaban J connectivity index is 0.00000205. The van der Waals surface area contributed by atoms with Crippen LogP contribution in [0.25, 0.3) is 32.8 Å². The van der Waals surface area contributed by atoms with Crippen LogP contribution in [0.4, 0.5) is 0 Å². The van der Waals surface area contributed by atoms with Gasteiger partial charge in [0.25, 0.3) is 0 Å². The number of ether oxygens (including phenoxy) is 1. The van der Waals surface area contributed by atoms with E-state index in [1.807, 2.05) is 36.5 Å². The highest BCUT2D eigenvalue weighted by Crippen LogP contribution is 2.30. The normalized spacial score (nSPS) is 11.2. The van der Waals surface area contributed by atoms with Gasteiger partial charge in [0, 0.05) is 34.1 Å². The number of fused-ring (bicyclic) bond motifs is 4. The number of furan rings is 1. The van der Waals surface area contributed by atoms with Gasteiger partial charge in [-0.05, 0) is 61.6 Å². The van der Waals surface area contributed by atoms with Gasteiger partial charge in [-0.15, -0.1) is 17.0 Å². The lowest BCUT2D eigenvalue weighted by molar-refractivity contribution is 0.415. The monoisotopic (exact) mass is 450 g/mol. The van der Waals surface area contributed by atoms with Crippen molar-refractivity contribution in [3.8, 4) is 5.75 Å². The van der Waals surface area contributed by atoms with E-state index in [1.165, 1.54) is 10.9 Å². The van der Waals surface area contributed by atoms with Crippen molar-refractivity contribution in [2.24, 2.45) is 0 Å². The summed E-state index contributed by atoms with van der Waals surface area (Å²) in [6, 6.07) is 16.4. The molecule has 3 aromatic heterocycles. The number of rotatable bonds is 6. The minimum absolute atomic E-state index is 0. The van der Waals surface area contributed by atoms with Crippen molar-refractivity contribution in [1.29, 1.82) is 0 Å². The lowest BCUT2D eigenvalue weighted by Gasteiger charge is -2.03. The number of nitrogens with one attached hydrogen (secondary N) is 1. The highest BCUT2D eigenvalue weighted by atomic mass is 79.9. The molecule has 5 heteroatoms. The minimum Gasteiger partial charge on any atom is -0.497 e. The smallest absolute Gasteiger partial charge is 0.156 e. The molecule has 0 aliphatic heterocycles. The summed E-state index contributed by atoms with van der Waals surface area (Å²) in [5.41, 5.74) is 5.41. The van der Waals surface area contributed by atoms with Gasteiger partial charge in [-0.2, -0.15) is 0 Å². The van der Waals surface area contributed by atoms with Crippen molar-refractivity contribution in [2.75, 3.05) is 7.11 Å². The predicted octanol–water partition coefficient (Wildman–Crippen LogP) is 6.61. The molecule has 0 saturated carbocycles. The first kappa shape index (κ1) is 19.5. The molecule has 1 N–H and O–H groups in total. The summed E-state index contributed by atoms with van der Waals surface area (Å²) in [5.74, 6) is 0.897. The van der Waals surface area contributed by atoms with E-state index in [0.717, 1.165) is 64.6 Å². The maximum absolute atomic E-state index is 6.09. The van der Waals surface area contributed by atoms with Gasteiger partial charge in [0.15, 0.2) is 5.58 Å². The lowest BCUT2D eigenvalue weighted by Crippen LogP contribution is -1.92. The first-order valence-electron chi connectivity index (χ1n) is 9.72. The summed E-state index contributed by atoms with van der Waals surface area (Å²) in [5, 5.41) is 3.56. The standard InChI is InChI=1S/C24H22N2O2.BrH/c1-27-17-10-11-21-20(14-17)16(15-26-21)6-2-4-8-22-24-19(12-13-25-22)18-7-3-5-9-23(18)28-24;/h3,5,7,9-15,26H,2,4,6,8H2,1H3;1H. The van der Waals surface area contributed by atoms with Gasteiger partial charge in [-0.3, -0.25) is 4.98 Å².